The van der Waals surface area contributed by atoms with Crippen LogP contribution in [0.25, 0.3) is 16.8 Å². The van der Waals surface area contributed by atoms with Gasteiger partial charge in [0, 0.05) is 56.8 Å². The predicted molar refractivity (Wildman–Crippen MR) is 122 cm³/mol. The van der Waals surface area contributed by atoms with Gasteiger partial charge in [0.2, 0.25) is 5.95 Å². The van der Waals surface area contributed by atoms with E-state index < -0.39 is 0 Å². The second-order valence-corrected chi connectivity index (χ2v) is 8.18. The molecule has 2 aromatic rings. The van der Waals surface area contributed by atoms with Gasteiger partial charge >= 0.3 is 0 Å². The summed E-state index contributed by atoms with van der Waals surface area (Å²) in [6.45, 7) is 1.54. The van der Waals surface area contributed by atoms with Crippen LogP contribution in [0, 0.1) is 5.82 Å². The lowest BCUT2D eigenvalue weighted by Crippen LogP contribution is -2.32. The van der Waals surface area contributed by atoms with E-state index in [0.29, 0.717) is 22.9 Å². The van der Waals surface area contributed by atoms with Gasteiger partial charge in [-0.05, 0) is 35.8 Å². The summed E-state index contributed by atoms with van der Waals surface area (Å²) in [5.41, 5.74) is 14.3. The molecule has 3 heterocycles. The summed E-state index contributed by atoms with van der Waals surface area (Å²) in [6, 6.07) is 5.44. The number of nitrogens with zero attached hydrogens (tertiary/aromatic N) is 4. The van der Waals surface area contributed by atoms with Gasteiger partial charge in [-0.25, -0.2) is 19.8 Å². The zero-order valence-electron chi connectivity index (χ0n) is 17.6. The highest BCUT2D eigenvalue weighted by Gasteiger charge is 2.25. The summed E-state index contributed by atoms with van der Waals surface area (Å²) >= 11 is 0. The van der Waals surface area contributed by atoms with Gasteiger partial charge in [-0.1, -0.05) is 18.2 Å². The van der Waals surface area contributed by atoms with Gasteiger partial charge in [0.25, 0.3) is 0 Å². The predicted octanol–water partition coefficient (Wildman–Crippen LogP) is 2.52. The van der Waals surface area contributed by atoms with Crippen molar-refractivity contribution in [1.29, 1.82) is 0 Å². The Balaban J connectivity index is 1.61. The van der Waals surface area contributed by atoms with Gasteiger partial charge in [-0.15, -0.1) is 0 Å². The van der Waals surface area contributed by atoms with Crippen molar-refractivity contribution in [1.82, 2.24) is 20.4 Å². The fourth-order valence-corrected chi connectivity index (χ4v) is 4.30. The van der Waals surface area contributed by atoms with E-state index in [4.69, 9.17) is 10.7 Å². The summed E-state index contributed by atoms with van der Waals surface area (Å²) < 4.78 is 14.6. The molecular weight excluding hydrogens is 393 g/mol. The van der Waals surface area contributed by atoms with Gasteiger partial charge in [-0.3, -0.25) is 0 Å². The largest absolute Gasteiger partial charge is 0.386 e. The SMILES string of the molecule is CNc1ccc(-c2nc(N3CCC(N)C3)ncc2C2=CC3=CN(C)NC3C=C2)cc1F. The van der Waals surface area contributed by atoms with E-state index in [1.165, 1.54) is 6.07 Å². The third-order valence-corrected chi connectivity index (χ3v) is 5.94. The van der Waals surface area contributed by atoms with Crippen molar-refractivity contribution < 1.29 is 4.39 Å². The van der Waals surface area contributed by atoms with Crippen LogP contribution in [-0.2, 0) is 0 Å². The van der Waals surface area contributed by atoms with Crippen molar-refractivity contribution in [2.75, 3.05) is 37.4 Å². The molecule has 0 saturated carbocycles. The Morgan fingerprint density at radius 1 is 1.32 bits per heavy atom. The average Bonchev–Trinajstić information content (AvgIpc) is 3.37. The first-order chi connectivity index (χ1) is 15.0. The number of benzene rings is 1. The van der Waals surface area contributed by atoms with Gasteiger partial charge in [-0.2, -0.15) is 0 Å². The second-order valence-electron chi connectivity index (χ2n) is 8.18. The van der Waals surface area contributed by atoms with Crippen molar-refractivity contribution in [2.45, 2.75) is 18.5 Å². The maximum Gasteiger partial charge on any atom is 0.225 e. The zero-order valence-corrected chi connectivity index (χ0v) is 17.6. The Morgan fingerprint density at radius 3 is 2.94 bits per heavy atom. The maximum atomic E-state index is 14.6. The van der Waals surface area contributed by atoms with Crippen LogP contribution in [0.4, 0.5) is 16.0 Å². The number of rotatable bonds is 4. The van der Waals surface area contributed by atoms with Crippen molar-refractivity contribution in [3.8, 4) is 11.3 Å². The first-order valence-electron chi connectivity index (χ1n) is 10.5. The summed E-state index contributed by atoms with van der Waals surface area (Å²) in [6.07, 6.45) is 11.1. The fraction of sp³-hybridized carbons (Fsp3) is 0.304. The lowest BCUT2D eigenvalue weighted by atomic mass is 9.93. The number of hydrogen-bond acceptors (Lipinski definition) is 7. The molecule has 0 radical (unpaired) electrons. The first kappa shape index (κ1) is 19.7. The Kier molecular flexibility index (Phi) is 4.95. The molecule has 1 aliphatic carbocycles. The van der Waals surface area contributed by atoms with E-state index in [1.807, 2.05) is 24.3 Å². The highest BCUT2D eigenvalue weighted by atomic mass is 19.1. The van der Waals surface area contributed by atoms with Crippen molar-refractivity contribution in [3.63, 3.8) is 0 Å². The number of fused-ring (bicyclic) bond motifs is 1. The minimum absolute atomic E-state index is 0.124. The van der Waals surface area contributed by atoms with E-state index in [1.54, 1.807) is 13.1 Å². The second kappa shape index (κ2) is 7.79. The highest BCUT2D eigenvalue weighted by Crippen LogP contribution is 2.34. The minimum atomic E-state index is -0.313. The molecule has 2 atom stereocenters. The van der Waals surface area contributed by atoms with Gasteiger partial charge in [0.05, 0.1) is 17.4 Å². The normalized spacial score (nSPS) is 22.5. The smallest absolute Gasteiger partial charge is 0.225 e. The molecule has 0 bridgehead atoms. The van der Waals surface area contributed by atoms with Crippen LogP contribution in [0.1, 0.15) is 12.0 Å². The molecular formula is C23H26FN7. The molecule has 1 saturated heterocycles. The van der Waals surface area contributed by atoms with E-state index in [9.17, 15) is 4.39 Å². The lowest BCUT2D eigenvalue weighted by Gasteiger charge is -2.20. The standard InChI is InChI=1S/C23H26FN7/c1-26-21-6-4-15(10-19(21)24)22-18(11-27-23(28-22)31-8-7-17(25)13-31)14-3-5-20-16(9-14)12-30(2)29-20/h3-6,9-12,17,20,26,29H,7-8,13,25H2,1-2H3. The number of allylic oxidation sites excluding steroid dienone is 2. The van der Waals surface area contributed by atoms with Crippen molar-refractivity contribution >= 4 is 17.2 Å². The van der Waals surface area contributed by atoms with Crippen molar-refractivity contribution in [3.05, 3.63) is 65.8 Å². The quantitative estimate of drug-likeness (QED) is 0.702. The third-order valence-electron chi connectivity index (χ3n) is 5.94. The molecule has 7 nitrogen and oxygen atoms in total. The van der Waals surface area contributed by atoms with Crippen LogP contribution < -0.4 is 21.4 Å². The number of halogens is 1. The monoisotopic (exact) mass is 419 g/mol. The van der Waals surface area contributed by atoms with Crippen LogP contribution in [0.5, 0.6) is 0 Å². The summed E-state index contributed by atoms with van der Waals surface area (Å²) in [5, 5.41) is 4.82. The molecule has 1 fully saturated rings. The van der Waals surface area contributed by atoms with Crippen LogP contribution in [-0.4, -0.2) is 54.2 Å². The molecule has 2 aliphatic heterocycles. The number of nitrogens with one attached hydrogen (secondary N) is 2. The van der Waals surface area contributed by atoms with Crippen LogP contribution in [0.15, 0.2) is 54.4 Å². The zero-order chi connectivity index (χ0) is 21.5. The van der Waals surface area contributed by atoms with Crippen LogP contribution in [0.2, 0.25) is 0 Å². The molecule has 3 aliphatic rings. The number of aromatic nitrogens is 2. The van der Waals surface area contributed by atoms with Gasteiger partial charge in [0.1, 0.15) is 5.82 Å². The Labute approximate surface area is 181 Å². The minimum Gasteiger partial charge on any atom is -0.386 e. The summed E-state index contributed by atoms with van der Waals surface area (Å²) in [5.74, 6) is 0.316. The van der Waals surface area contributed by atoms with E-state index in [-0.39, 0.29) is 17.9 Å². The number of hydrogen-bond donors (Lipinski definition) is 3. The molecule has 5 rings (SSSR count). The van der Waals surface area contributed by atoms with Crippen molar-refractivity contribution in [2.24, 2.45) is 5.73 Å². The first-order valence-corrected chi connectivity index (χ1v) is 10.5. The molecule has 8 heteroatoms. The Hall–Kier alpha value is -3.23. The van der Waals surface area contributed by atoms with E-state index in [2.05, 4.69) is 45.1 Å². The molecule has 1 aromatic heterocycles. The van der Waals surface area contributed by atoms with Gasteiger partial charge in [0.15, 0.2) is 0 Å². The van der Waals surface area contributed by atoms with Crippen LogP contribution >= 0.6 is 0 Å². The fourth-order valence-electron chi connectivity index (χ4n) is 4.30. The molecule has 1 aromatic carbocycles. The highest BCUT2D eigenvalue weighted by molar-refractivity contribution is 5.86. The molecule has 2 unspecified atom stereocenters. The number of anilines is 2. The van der Waals surface area contributed by atoms with E-state index >= 15 is 0 Å². The average molecular weight is 420 g/mol. The third kappa shape index (κ3) is 3.68. The molecule has 4 N–H and O–H groups in total. The Bertz CT molecular complexity index is 1110. The number of nitrogens with two attached hydrogens (primary N) is 1. The van der Waals surface area contributed by atoms with Gasteiger partial charge < -0.3 is 21.0 Å². The summed E-state index contributed by atoms with van der Waals surface area (Å²) in [7, 11) is 3.68. The Morgan fingerprint density at radius 2 is 2.19 bits per heavy atom. The number of hydrazine groups is 1. The lowest BCUT2D eigenvalue weighted by molar-refractivity contribution is 0.349. The maximum absolute atomic E-state index is 14.6. The molecule has 0 spiro atoms. The topological polar surface area (TPSA) is 82.3 Å². The summed E-state index contributed by atoms with van der Waals surface area (Å²) in [4.78, 5) is 11.6. The molecule has 31 heavy (non-hydrogen) atoms. The van der Waals surface area contributed by atoms with Crippen LogP contribution in [0.3, 0.4) is 0 Å². The van der Waals surface area contributed by atoms with E-state index in [0.717, 1.165) is 36.2 Å². The molecule has 160 valence electrons. The molecule has 0 amide bonds.